The number of carbonyl (C=O) groups excluding carboxylic acids is 2. The summed E-state index contributed by atoms with van der Waals surface area (Å²) in [5, 5.41) is 10.1. The Labute approximate surface area is 134 Å². The smallest absolute Gasteiger partial charge is 0.271 e. The second kappa shape index (κ2) is 6.20. The first-order chi connectivity index (χ1) is 11.0. The monoisotopic (exact) mass is 313 g/mol. The molecule has 120 valence electrons. The number of hydrogen-bond acceptors (Lipinski definition) is 4. The lowest BCUT2D eigenvalue weighted by molar-refractivity contribution is 0.0924. The van der Waals surface area contributed by atoms with Gasteiger partial charge in [-0.2, -0.15) is 5.10 Å². The molecule has 0 bridgehead atoms. The molecule has 2 aromatic rings. The summed E-state index contributed by atoms with van der Waals surface area (Å²) in [6.45, 7) is 4.39. The average molecular weight is 313 g/mol. The Kier molecular flexibility index (Phi) is 4.10. The highest BCUT2D eigenvalue weighted by Crippen LogP contribution is 2.16. The van der Waals surface area contributed by atoms with E-state index in [1.807, 2.05) is 13.8 Å². The molecule has 0 fully saturated rings. The maximum Gasteiger partial charge on any atom is 0.271 e. The molecule has 0 saturated heterocycles. The van der Waals surface area contributed by atoms with Crippen molar-refractivity contribution in [3.8, 4) is 0 Å². The molecule has 3 rings (SSSR count). The molecule has 1 atom stereocenters. The van der Waals surface area contributed by atoms with E-state index in [0.29, 0.717) is 24.2 Å². The Morgan fingerprint density at radius 3 is 2.65 bits per heavy atom. The van der Waals surface area contributed by atoms with Crippen LogP contribution in [0.5, 0.6) is 0 Å². The number of fused-ring (bicyclic) bond motifs is 1. The quantitative estimate of drug-likeness (QED) is 0.872. The second-order valence-electron chi connectivity index (χ2n) is 5.94. The van der Waals surface area contributed by atoms with Crippen molar-refractivity contribution >= 4 is 11.8 Å². The van der Waals surface area contributed by atoms with Gasteiger partial charge in [-0.05, 0) is 32.0 Å². The molecule has 2 N–H and O–H groups in total. The molecule has 2 amide bonds. The third kappa shape index (κ3) is 3.39. The van der Waals surface area contributed by atoms with Crippen LogP contribution in [0.4, 0.5) is 0 Å². The fourth-order valence-corrected chi connectivity index (χ4v) is 2.62. The number of amides is 2. The van der Waals surface area contributed by atoms with E-state index >= 15 is 0 Å². The van der Waals surface area contributed by atoms with Crippen LogP contribution in [-0.4, -0.2) is 38.7 Å². The summed E-state index contributed by atoms with van der Waals surface area (Å²) in [5.74, 6) is -0.291. The van der Waals surface area contributed by atoms with Gasteiger partial charge in [-0.25, -0.2) is 0 Å². The highest BCUT2D eigenvalue weighted by atomic mass is 16.2. The van der Waals surface area contributed by atoms with E-state index in [9.17, 15) is 9.59 Å². The molecule has 1 aliphatic heterocycles. The van der Waals surface area contributed by atoms with Gasteiger partial charge in [-0.3, -0.25) is 19.3 Å². The Hall–Kier alpha value is -2.70. The van der Waals surface area contributed by atoms with E-state index in [0.717, 1.165) is 5.69 Å². The topological polar surface area (TPSA) is 88.9 Å². The van der Waals surface area contributed by atoms with Crippen molar-refractivity contribution in [1.82, 2.24) is 25.4 Å². The standard InChI is InChI=1S/C16H19N5O2/c1-10(2)18-16(23)14-8-13-7-12(9-21(13)20-14)19-15(22)11-3-5-17-6-4-11/h3-6,8,10,12H,7,9H2,1-2H3,(H,18,23)(H,19,22). The zero-order chi connectivity index (χ0) is 16.4. The van der Waals surface area contributed by atoms with Crippen molar-refractivity contribution in [2.75, 3.05) is 0 Å². The molecule has 7 heteroatoms. The van der Waals surface area contributed by atoms with Gasteiger partial charge in [0.05, 0.1) is 12.6 Å². The SMILES string of the molecule is CC(C)NC(=O)c1cc2n(n1)CC(NC(=O)c1ccncc1)C2. The van der Waals surface area contributed by atoms with Gasteiger partial charge in [0, 0.05) is 36.1 Å². The van der Waals surface area contributed by atoms with Gasteiger partial charge in [0.25, 0.3) is 11.8 Å². The summed E-state index contributed by atoms with van der Waals surface area (Å²) in [5.41, 5.74) is 1.97. The number of hydrogen-bond donors (Lipinski definition) is 2. The van der Waals surface area contributed by atoms with Gasteiger partial charge >= 0.3 is 0 Å². The lowest BCUT2D eigenvalue weighted by Gasteiger charge is -2.11. The summed E-state index contributed by atoms with van der Waals surface area (Å²) < 4.78 is 1.78. The van der Waals surface area contributed by atoms with Gasteiger partial charge in [-0.15, -0.1) is 0 Å². The normalized spacial score (nSPS) is 16.2. The maximum absolute atomic E-state index is 12.1. The first kappa shape index (κ1) is 15.2. The van der Waals surface area contributed by atoms with Crippen molar-refractivity contribution in [2.45, 2.75) is 38.9 Å². The van der Waals surface area contributed by atoms with Crippen molar-refractivity contribution < 1.29 is 9.59 Å². The molecule has 0 aliphatic carbocycles. The third-order valence-electron chi connectivity index (χ3n) is 3.64. The van der Waals surface area contributed by atoms with E-state index in [2.05, 4.69) is 20.7 Å². The number of carbonyl (C=O) groups is 2. The summed E-state index contributed by atoms with van der Waals surface area (Å²) in [6.07, 6.45) is 3.85. The lowest BCUT2D eigenvalue weighted by atomic mass is 10.1. The molecule has 3 heterocycles. The van der Waals surface area contributed by atoms with Crippen LogP contribution < -0.4 is 10.6 Å². The maximum atomic E-state index is 12.1. The average Bonchev–Trinajstić information content (AvgIpc) is 3.05. The van der Waals surface area contributed by atoms with E-state index < -0.39 is 0 Å². The van der Waals surface area contributed by atoms with Crippen molar-refractivity contribution in [2.24, 2.45) is 0 Å². The van der Waals surface area contributed by atoms with E-state index in [4.69, 9.17) is 0 Å². The van der Waals surface area contributed by atoms with Crippen LogP contribution in [0.2, 0.25) is 0 Å². The van der Waals surface area contributed by atoms with Gasteiger partial charge < -0.3 is 10.6 Å². The highest BCUT2D eigenvalue weighted by Gasteiger charge is 2.26. The van der Waals surface area contributed by atoms with Gasteiger partial charge in [0.15, 0.2) is 0 Å². The highest BCUT2D eigenvalue weighted by molar-refractivity contribution is 5.94. The lowest BCUT2D eigenvalue weighted by Crippen LogP contribution is -2.36. The molecule has 0 radical (unpaired) electrons. The summed E-state index contributed by atoms with van der Waals surface area (Å²) in [4.78, 5) is 28.0. The van der Waals surface area contributed by atoms with Crippen LogP contribution in [0.1, 0.15) is 40.4 Å². The van der Waals surface area contributed by atoms with Crippen LogP contribution in [0.3, 0.4) is 0 Å². The molecule has 0 spiro atoms. The number of aromatic nitrogens is 3. The Morgan fingerprint density at radius 1 is 1.26 bits per heavy atom. The molecule has 1 unspecified atom stereocenters. The first-order valence-electron chi connectivity index (χ1n) is 7.61. The van der Waals surface area contributed by atoms with Gasteiger partial charge in [-0.1, -0.05) is 0 Å². The molecule has 0 aromatic carbocycles. The number of pyridine rings is 1. The second-order valence-corrected chi connectivity index (χ2v) is 5.94. The van der Waals surface area contributed by atoms with Crippen molar-refractivity contribution in [1.29, 1.82) is 0 Å². The molecular formula is C16H19N5O2. The third-order valence-corrected chi connectivity index (χ3v) is 3.64. The zero-order valence-corrected chi connectivity index (χ0v) is 13.1. The fourth-order valence-electron chi connectivity index (χ4n) is 2.62. The van der Waals surface area contributed by atoms with E-state index in [1.165, 1.54) is 0 Å². The van der Waals surface area contributed by atoms with E-state index in [-0.39, 0.29) is 23.9 Å². The number of nitrogens with one attached hydrogen (secondary N) is 2. The van der Waals surface area contributed by atoms with Crippen LogP contribution >= 0.6 is 0 Å². The minimum absolute atomic E-state index is 0.0135. The van der Waals surface area contributed by atoms with Crippen LogP contribution in [0.15, 0.2) is 30.6 Å². The van der Waals surface area contributed by atoms with E-state index in [1.54, 1.807) is 35.3 Å². The Bertz CT molecular complexity index is 700. The molecule has 23 heavy (non-hydrogen) atoms. The van der Waals surface area contributed by atoms with Crippen LogP contribution in [0, 0.1) is 0 Å². The van der Waals surface area contributed by atoms with Crippen LogP contribution in [0.25, 0.3) is 0 Å². The van der Waals surface area contributed by atoms with Gasteiger partial charge in [0.2, 0.25) is 0 Å². The molecule has 0 saturated carbocycles. The first-order valence-corrected chi connectivity index (χ1v) is 7.61. The Morgan fingerprint density at radius 2 is 2.00 bits per heavy atom. The minimum Gasteiger partial charge on any atom is -0.348 e. The zero-order valence-electron chi connectivity index (χ0n) is 13.1. The van der Waals surface area contributed by atoms with Crippen molar-refractivity contribution in [3.63, 3.8) is 0 Å². The number of rotatable bonds is 4. The summed E-state index contributed by atoms with van der Waals surface area (Å²) in [6, 6.07) is 5.21. The fraction of sp³-hybridized carbons (Fsp3) is 0.375. The predicted octanol–water partition coefficient (Wildman–Crippen LogP) is 0.771. The number of nitrogens with zero attached hydrogens (tertiary/aromatic N) is 3. The largest absolute Gasteiger partial charge is 0.348 e. The summed E-state index contributed by atoms with van der Waals surface area (Å²) in [7, 11) is 0. The molecule has 7 nitrogen and oxygen atoms in total. The molecule has 1 aliphatic rings. The predicted molar refractivity (Wildman–Crippen MR) is 84.0 cm³/mol. The molecular weight excluding hydrogens is 294 g/mol. The van der Waals surface area contributed by atoms with Crippen molar-refractivity contribution in [3.05, 3.63) is 47.5 Å². The molecule has 2 aromatic heterocycles. The minimum atomic E-state index is -0.167. The Balaban J connectivity index is 1.61. The van der Waals surface area contributed by atoms with Gasteiger partial charge in [0.1, 0.15) is 5.69 Å². The summed E-state index contributed by atoms with van der Waals surface area (Å²) >= 11 is 0. The van der Waals surface area contributed by atoms with Crippen LogP contribution in [-0.2, 0) is 13.0 Å².